The highest BCUT2D eigenvalue weighted by molar-refractivity contribution is 5.91. The third-order valence-electron chi connectivity index (χ3n) is 6.43. The zero-order valence-corrected chi connectivity index (χ0v) is 19.2. The van der Waals surface area contributed by atoms with Crippen molar-refractivity contribution in [1.82, 2.24) is 0 Å². The molecule has 2 aliphatic heterocycles. The second-order valence-electron chi connectivity index (χ2n) is 8.77. The monoisotopic (exact) mass is 454 g/mol. The lowest BCUT2D eigenvalue weighted by Gasteiger charge is -2.35. The Morgan fingerprint density at radius 1 is 0.429 bits per heavy atom. The molecule has 0 aromatic heterocycles. The van der Waals surface area contributed by atoms with E-state index in [1.165, 1.54) is 5.56 Å². The number of anilines is 6. The van der Waals surface area contributed by atoms with Crippen LogP contribution in [0.4, 0.5) is 34.1 Å². The summed E-state index contributed by atoms with van der Waals surface area (Å²) in [4.78, 5) is 4.56. The van der Waals surface area contributed by atoms with Crippen LogP contribution in [-0.2, 0) is 0 Å². The Balaban J connectivity index is 1.45. The van der Waals surface area contributed by atoms with Crippen LogP contribution in [-0.4, -0.2) is 0 Å². The molecule has 2 heterocycles. The highest BCUT2D eigenvalue weighted by Gasteiger charge is 2.28. The topological polar surface area (TPSA) is 24.9 Å². The van der Waals surface area contributed by atoms with Gasteiger partial charge in [0.05, 0.1) is 22.7 Å². The van der Waals surface area contributed by atoms with Crippen LogP contribution < -0.4 is 19.3 Å². The van der Waals surface area contributed by atoms with Crippen molar-refractivity contribution in [3.8, 4) is 23.0 Å². The summed E-state index contributed by atoms with van der Waals surface area (Å²) in [6.45, 7) is 2.14. The minimum absolute atomic E-state index is 0.844. The van der Waals surface area contributed by atoms with Crippen molar-refractivity contribution in [2.45, 2.75) is 6.92 Å². The molecule has 4 nitrogen and oxygen atoms in total. The minimum Gasteiger partial charge on any atom is -0.453 e. The molecule has 0 unspecified atom stereocenters. The third-order valence-corrected chi connectivity index (χ3v) is 6.43. The smallest absolute Gasteiger partial charge is 0.151 e. The number of aryl methyl sites for hydroxylation is 1. The molecule has 0 atom stereocenters. The number of rotatable bonds is 2. The maximum Gasteiger partial charge on any atom is 0.151 e. The van der Waals surface area contributed by atoms with E-state index in [0.29, 0.717) is 0 Å². The molecule has 0 N–H and O–H groups in total. The summed E-state index contributed by atoms with van der Waals surface area (Å²) in [7, 11) is 0. The largest absolute Gasteiger partial charge is 0.453 e. The predicted octanol–water partition coefficient (Wildman–Crippen LogP) is 9.15. The molecule has 0 amide bonds. The van der Waals surface area contributed by atoms with Gasteiger partial charge in [0.2, 0.25) is 0 Å². The quantitative estimate of drug-likeness (QED) is 0.260. The van der Waals surface area contributed by atoms with Crippen LogP contribution in [0.2, 0.25) is 0 Å². The summed E-state index contributed by atoms with van der Waals surface area (Å²) >= 11 is 0. The minimum atomic E-state index is 0.844. The number of ether oxygens (including phenoxy) is 2. The lowest BCUT2D eigenvalue weighted by Crippen LogP contribution is -2.18. The second-order valence-corrected chi connectivity index (χ2v) is 8.77. The molecule has 7 rings (SSSR count). The van der Waals surface area contributed by atoms with Gasteiger partial charge in [-0.3, -0.25) is 0 Å². The first-order valence-corrected chi connectivity index (χ1v) is 11.7. The summed E-state index contributed by atoms with van der Waals surface area (Å²) in [6.07, 6.45) is 0. The Labute approximate surface area is 204 Å². The average molecular weight is 455 g/mol. The lowest BCUT2D eigenvalue weighted by atomic mass is 10.1. The first-order valence-electron chi connectivity index (χ1n) is 11.7. The van der Waals surface area contributed by atoms with Crippen LogP contribution in [0.1, 0.15) is 5.56 Å². The summed E-state index contributed by atoms with van der Waals surface area (Å²) in [6, 6.07) is 39.4. The van der Waals surface area contributed by atoms with E-state index in [0.717, 1.165) is 57.1 Å². The highest BCUT2D eigenvalue weighted by Crippen LogP contribution is 2.53. The summed E-state index contributed by atoms with van der Waals surface area (Å²) in [5, 5.41) is 0. The zero-order valence-electron chi connectivity index (χ0n) is 19.2. The highest BCUT2D eigenvalue weighted by atomic mass is 16.5. The van der Waals surface area contributed by atoms with Gasteiger partial charge in [0, 0.05) is 11.4 Å². The van der Waals surface area contributed by atoms with Gasteiger partial charge in [-0.1, -0.05) is 48.5 Å². The second kappa shape index (κ2) is 7.67. The van der Waals surface area contributed by atoms with Gasteiger partial charge in [-0.05, 0) is 79.2 Å². The summed E-state index contributed by atoms with van der Waals surface area (Å²) < 4.78 is 12.5. The van der Waals surface area contributed by atoms with Crippen LogP contribution >= 0.6 is 0 Å². The van der Waals surface area contributed by atoms with Gasteiger partial charge in [0.25, 0.3) is 0 Å². The molecule has 0 saturated heterocycles. The molecule has 2 aliphatic rings. The SMILES string of the molecule is Cc1cc(N2c3ccccc3Oc3ccccc32)cc(N2c3ccccc3Oc3ccccc32)c1. The number of hydrogen-bond acceptors (Lipinski definition) is 4. The van der Waals surface area contributed by atoms with Gasteiger partial charge in [0.15, 0.2) is 23.0 Å². The molecule has 4 heteroatoms. The third kappa shape index (κ3) is 3.15. The Bertz CT molecular complexity index is 1390. The van der Waals surface area contributed by atoms with Crippen molar-refractivity contribution in [3.05, 3.63) is 121 Å². The molecular formula is C31H22N2O2. The Morgan fingerprint density at radius 3 is 1.09 bits per heavy atom. The van der Waals surface area contributed by atoms with Gasteiger partial charge in [-0.15, -0.1) is 0 Å². The molecule has 35 heavy (non-hydrogen) atoms. The van der Waals surface area contributed by atoms with Crippen molar-refractivity contribution in [2.75, 3.05) is 9.80 Å². The van der Waals surface area contributed by atoms with Crippen LogP contribution in [0.3, 0.4) is 0 Å². The fourth-order valence-corrected chi connectivity index (χ4v) is 4.97. The van der Waals surface area contributed by atoms with Crippen LogP contribution in [0, 0.1) is 6.92 Å². The molecular weight excluding hydrogens is 432 g/mol. The summed E-state index contributed by atoms with van der Waals surface area (Å²) in [5.41, 5.74) is 7.39. The first-order chi connectivity index (χ1) is 17.3. The molecule has 5 aromatic carbocycles. The first kappa shape index (κ1) is 19.7. The molecule has 0 aliphatic carbocycles. The molecule has 0 bridgehead atoms. The van der Waals surface area contributed by atoms with E-state index in [2.05, 4.69) is 59.2 Å². The molecule has 168 valence electrons. The van der Waals surface area contributed by atoms with Crippen molar-refractivity contribution in [3.63, 3.8) is 0 Å². The Morgan fingerprint density at radius 2 is 0.743 bits per heavy atom. The van der Waals surface area contributed by atoms with Gasteiger partial charge < -0.3 is 19.3 Å². The van der Waals surface area contributed by atoms with E-state index in [4.69, 9.17) is 9.47 Å². The Hall–Kier alpha value is -4.70. The number of hydrogen-bond donors (Lipinski definition) is 0. The zero-order chi connectivity index (χ0) is 23.4. The standard InChI is InChI=1S/C31H22N2O2/c1-21-18-22(32-24-10-2-6-14-28(24)34-29-15-7-3-11-25(29)32)20-23(19-21)33-26-12-4-8-16-30(26)35-31-17-9-5-13-27(31)33/h2-20H,1H3. The Kier molecular flexibility index (Phi) is 4.33. The fourth-order valence-electron chi connectivity index (χ4n) is 4.97. The molecule has 0 spiro atoms. The number of para-hydroxylation sites is 8. The molecule has 0 fully saturated rings. The van der Waals surface area contributed by atoms with Crippen LogP contribution in [0.5, 0.6) is 23.0 Å². The van der Waals surface area contributed by atoms with E-state index in [-0.39, 0.29) is 0 Å². The van der Waals surface area contributed by atoms with E-state index >= 15 is 0 Å². The number of nitrogens with zero attached hydrogens (tertiary/aromatic N) is 2. The van der Waals surface area contributed by atoms with E-state index < -0.39 is 0 Å². The van der Waals surface area contributed by atoms with E-state index in [1.807, 2.05) is 72.8 Å². The maximum absolute atomic E-state index is 6.23. The van der Waals surface area contributed by atoms with Gasteiger partial charge in [-0.2, -0.15) is 0 Å². The molecule has 5 aromatic rings. The van der Waals surface area contributed by atoms with E-state index in [1.54, 1.807) is 0 Å². The van der Waals surface area contributed by atoms with E-state index in [9.17, 15) is 0 Å². The number of fused-ring (bicyclic) bond motifs is 4. The average Bonchev–Trinajstić information content (AvgIpc) is 2.90. The van der Waals surface area contributed by atoms with Crippen LogP contribution in [0.15, 0.2) is 115 Å². The van der Waals surface area contributed by atoms with Crippen molar-refractivity contribution in [2.24, 2.45) is 0 Å². The normalized spacial score (nSPS) is 13.1. The lowest BCUT2D eigenvalue weighted by molar-refractivity contribution is 0.477. The molecule has 0 saturated carbocycles. The van der Waals surface area contributed by atoms with Gasteiger partial charge in [-0.25, -0.2) is 0 Å². The maximum atomic E-state index is 6.23. The number of benzene rings is 5. The van der Waals surface area contributed by atoms with Crippen molar-refractivity contribution >= 4 is 34.1 Å². The van der Waals surface area contributed by atoms with Gasteiger partial charge >= 0.3 is 0 Å². The van der Waals surface area contributed by atoms with Crippen molar-refractivity contribution in [1.29, 1.82) is 0 Å². The molecule has 0 radical (unpaired) electrons. The predicted molar refractivity (Wildman–Crippen MR) is 141 cm³/mol. The van der Waals surface area contributed by atoms with Gasteiger partial charge in [0.1, 0.15) is 0 Å². The summed E-state index contributed by atoms with van der Waals surface area (Å²) in [5.74, 6) is 3.38. The fraction of sp³-hybridized carbons (Fsp3) is 0.0323. The van der Waals surface area contributed by atoms with Crippen LogP contribution in [0.25, 0.3) is 0 Å². The van der Waals surface area contributed by atoms with Crippen molar-refractivity contribution < 1.29 is 9.47 Å².